The number of aromatic nitrogens is 4. The molecule has 0 amide bonds. The van der Waals surface area contributed by atoms with Gasteiger partial charge in [0.1, 0.15) is 11.7 Å². The Morgan fingerprint density at radius 1 is 1.63 bits per heavy atom. The third kappa shape index (κ3) is 2.01. The molecule has 1 aliphatic rings. The highest BCUT2D eigenvalue weighted by Crippen LogP contribution is 2.35. The molecule has 2 aromatic heterocycles. The fourth-order valence-corrected chi connectivity index (χ4v) is 2.29. The summed E-state index contributed by atoms with van der Waals surface area (Å²) in [6.07, 6.45) is 0.849. The molecule has 9 heteroatoms. The normalized spacial score (nSPS) is 27.2. The summed E-state index contributed by atoms with van der Waals surface area (Å²) in [6, 6.07) is 0. The number of alkyl halides is 1. The van der Waals surface area contributed by atoms with E-state index in [0.717, 1.165) is 0 Å². The molecular formula is C10H11ClFN5O2. The van der Waals surface area contributed by atoms with E-state index in [1.807, 2.05) is 0 Å². The van der Waals surface area contributed by atoms with Crippen LogP contribution in [0.4, 0.5) is 10.3 Å². The van der Waals surface area contributed by atoms with Crippen molar-refractivity contribution in [3.63, 3.8) is 0 Å². The Hall–Kier alpha value is -1.51. The molecule has 0 unspecified atom stereocenters. The number of hydrogen-bond donors (Lipinski definition) is 2. The Bertz CT molecular complexity index is 636. The van der Waals surface area contributed by atoms with Gasteiger partial charge >= 0.3 is 0 Å². The van der Waals surface area contributed by atoms with E-state index in [2.05, 4.69) is 15.0 Å². The molecule has 2 aromatic rings. The van der Waals surface area contributed by atoms with Gasteiger partial charge in [-0.2, -0.15) is 9.97 Å². The quantitative estimate of drug-likeness (QED) is 0.788. The van der Waals surface area contributed by atoms with Crippen molar-refractivity contribution in [3.05, 3.63) is 11.5 Å². The molecule has 3 heterocycles. The fourth-order valence-electron chi connectivity index (χ4n) is 2.07. The first-order chi connectivity index (χ1) is 9.02. The van der Waals surface area contributed by atoms with E-state index in [1.54, 1.807) is 0 Å². The van der Waals surface area contributed by atoms with Gasteiger partial charge in [-0.3, -0.25) is 4.57 Å². The number of nitrogens with two attached hydrogens (primary N) is 1. The van der Waals surface area contributed by atoms with Crippen LogP contribution in [0.15, 0.2) is 6.33 Å². The number of aliphatic hydroxyl groups is 1. The summed E-state index contributed by atoms with van der Waals surface area (Å²) in [5.74, 6) is 0.00548. The SMILES string of the molecule is Nc1nc(Cl)c2ncn([C@H]3C[C@](F)(CO)CO3)c2n1. The minimum atomic E-state index is -1.75. The molecule has 0 saturated carbocycles. The summed E-state index contributed by atoms with van der Waals surface area (Å²) < 4.78 is 20.8. The molecule has 0 bridgehead atoms. The maximum Gasteiger partial charge on any atom is 0.223 e. The van der Waals surface area contributed by atoms with E-state index in [4.69, 9.17) is 27.2 Å². The number of aliphatic hydroxyl groups excluding tert-OH is 1. The lowest BCUT2D eigenvalue weighted by Gasteiger charge is -2.14. The second-order valence-corrected chi connectivity index (χ2v) is 4.83. The highest BCUT2D eigenvalue weighted by atomic mass is 35.5. The van der Waals surface area contributed by atoms with Crippen LogP contribution in [0.2, 0.25) is 5.15 Å². The van der Waals surface area contributed by atoms with E-state index in [0.29, 0.717) is 11.2 Å². The molecule has 0 radical (unpaired) electrons. The Morgan fingerprint density at radius 3 is 3.11 bits per heavy atom. The number of halogens is 2. The largest absolute Gasteiger partial charge is 0.393 e. The van der Waals surface area contributed by atoms with Gasteiger partial charge in [0.25, 0.3) is 0 Å². The first-order valence-electron chi connectivity index (χ1n) is 5.59. The van der Waals surface area contributed by atoms with Crippen molar-refractivity contribution in [2.24, 2.45) is 0 Å². The van der Waals surface area contributed by atoms with E-state index < -0.39 is 18.5 Å². The second-order valence-electron chi connectivity index (χ2n) is 4.48. The van der Waals surface area contributed by atoms with Crippen LogP contribution in [-0.2, 0) is 4.74 Å². The number of rotatable bonds is 2. The van der Waals surface area contributed by atoms with Crippen molar-refractivity contribution >= 4 is 28.7 Å². The molecule has 0 spiro atoms. The molecule has 19 heavy (non-hydrogen) atoms. The van der Waals surface area contributed by atoms with Crippen LogP contribution in [0.5, 0.6) is 0 Å². The average Bonchev–Trinajstić information content (AvgIpc) is 2.94. The number of hydrogen-bond acceptors (Lipinski definition) is 6. The van der Waals surface area contributed by atoms with Gasteiger partial charge in [-0.05, 0) is 0 Å². The second kappa shape index (κ2) is 4.26. The van der Waals surface area contributed by atoms with Gasteiger partial charge in [-0.1, -0.05) is 11.6 Å². The van der Waals surface area contributed by atoms with Crippen LogP contribution in [0.25, 0.3) is 11.2 Å². The monoisotopic (exact) mass is 287 g/mol. The first-order valence-corrected chi connectivity index (χ1v) is 5.97. The Balaban J connectivity index is 2.03. The zero-order valence-electron chi connectivity index (χ0n) is 9.75. The summed E-state index contributed by atoms with van der Waals surface area (Å²) in [5.41, 5.74) is 4.54. The molecule has 1 saturated heterocycles. The van der Waals surface area contributed by atoms with E-state index in [1.165, 1.54) is 10.9 Å². The average molecular weight is 288 g/mol. The number of nitrogens with zero attached hydrogens (tertiary/aromatic N) is 4. The van der Waals surface area contributed by atoms with Gasteiger partial charge in [-0.25, -0.2) is 9.37 Å². The third-order valence-electron chi connectivity index (χ3n) is 3.06. The minimum Gasteiger partial charge on any atom is -0.393 e. The van der Waals surface area contributed by atoms with Gasteiger partial charge < -0.3 is 15.6 Å². The molecule has 3 N–H and O–H groups in total. The molecule has 3 rings (SSSR count). The lowest BCUT2D eigenvalue weighted by Crippen LogP contribution is -2.27. The Labute approximate surface area is 112 Å². The smallest absolute Gasteiger partial charge is 0.223 e. The lowest BCUT2D eigenvalue weighted by atomic mass is 10.1. The predicted molar refractivity (Wildman–Crippen MR) is 65.3 cm³/mol. The van der Waals surface area contributed by atoms with Crippen molar-refractivity contribution in [2.75, 3.05) is 18.9 Å². The van der Waals surface area contributed by atoms with E-state index in [-0.39, 0.29) is 24.1 Å². The molecule has 0 aromatic carbocycles. The van der Waals surface area contributed by atoms with Crippen molar-refractivity contribution in [3.8, 4) is 0 Å². The van der Waals surface area contributed by atoms with Crippen LogP contribution in [-0.4, -0.2) is 43.5 Å². The molecule has 0 aliphatic carbocycles. The van der Waals surface area contributed by atoms with E-state index >= 15 is 0 Å². The minimum absolute atomic E-state index is 0.00548. The first kappa shape index (κ1) is 12.5. The van der Waals surface area contributed by atoms with E-state index in [9.17, 15) is 4.39 Å². The summed E-state index contributed by atoms with van der Waals surface area (Å²) in [5, 5.41) is 9.13. The zero-order valence-corrected chi connectivity index (χ0v) is 10.5. The summed E-state index contributed by atoms with van der Waals surface area (Å²) in [4.78, 5) is 11.9. The number of nitrogen functional groups attached to an aromatic ring is 1. The van der Waals surface area contributed by atoms with Crippen molar-refractivity contribution in [2.45, 2.75) is 18.3 Å². The number of ether oxygens (including phenoxy) is 1. The molecule has 7 nitrogen and oxygen atoms in total. The summed E-state index contributed by atoms with van der Waals surface area (Å²) >= 11 is 5.90. The number of fused-ring (bicyclic) bond motifs is 1. The highest BCUT2D eigenvalue weighted by molar-refractivity contribution is 6.33. The van der Waals surface area contributed by atoms with Crippen molar-refractivity contribution in [1.82, 2.24) is 19.5 Å². The van der Waals surface area contributed by atoms with Gasteiger partial charge in [0.15, 0.2) is 16.5 Å². The fraction of sp³-hybridized carbons (Fsp3) is 0.500. The summed E-state index contributed by atoms with van der Waals surface area (Å²) in [7, 11) is 0. The standard InChI is InChI=1S/C10H11ClFN5O2/c11-7-6-8(16-9(13)15-7)17(4-14-6)5-1-10(12,2-18)3-19-5/h4-5,18H,1-3H2,(H2,13,15,16)/t5-,10+/m1/s1. The number of anilines is 1. The maximum atomic E-state index is 14.0. The van der Waals surface area contributed by atoms with Gasteiger partial charge in [0, 0.05) is 6.42 Å². The summed E-state index contributed by atoms with van der Waals surface area (Å²) in [6.45, 7) is -0.768. The molecular weight excluding hydrogens is 277 g/mol. The highest BCUT2D eigenvalue weighted by Gasteiger charge is 2.41. The molecule has 1 aliphatic heterocycles. The Morgan fingerprint density at radius 2 is 2.42 bits per heavy atom. The van der Waals surface area contributed by atoms with Gasteiger partial charge in [0.2, 0.25) is 5.95 Å². The molecule has 2 atom stereocenters. The van der Waals surface area contributed by atoms with Crippen LogP contribution in [0.3, 0.4) is 0 Å². The third-order valence-corrected chi connectivity index (χ3v) is 3.33. The predicted octanol–water partition coefficient (Wildman–Crippen LogP) is 0.681. The Kier molecular flexibility index (Phi) is 2.80. The molecule has 1 fully saturated rings. The van der Waals surface area contributed by atoms with Gasteiger partial charge in [-0.15, -0.1) is 0 Å². The van der Waals surface area contributed by atoms with Crippen LogP contribution < -0.4 is 5.73 Å². The van der Waals surface area contributed by atoms with Crippen molar-refractivity contribution < 1.29 is 14.2 Å². The van der Waals surface area contributed by atoms with Gasteiger partial charge in [0.05, 0.1) is 19.5 Å². The maximum absolute atomic E-state index is 14.0. The lowest BCUT2D eigenvalue weighted by molar-refractivity contribution is 0.0302. The topological polar surface area (TPSA) is 99.1 Å². The van der Waals surface area contributed by atoms with Crippen LogP contribution in [0.1, 0.15) is 12.6 Å². The zero-order chi connectivity index (χ0) is 13.6. The molecule has 102 valence electrons. The number of imidazole rings is 1. The van der Waals surface area contributed by atoms with Crippen LogP contribution in [0, 0.1) is 0 Å². The van der Waals surface area contributed by atoms with Crippen LogP contribution >= 0.6 is 11.6 Å². The van der Waals surface area contributed by atoms with Crippen molar-refractivity contribution in [1.29, 1.82) is 0 Å².